The summed E-state index contributed by atoms with van der Waals surface area (Å²) in [5.41, 5.74) is 2.37. The lowest BCUT2D eigenvalue weighted by atomic mass is 9.70. The van der Waals surface area contributed by atoms with Gasteiger partial charge in [0.1, 0.15) is 5.69 Å². The summed E-state index contributed by atoms with van der Waals surface area (Å²) in [6.07, 6.45) is 3.35. The second kappa shape index (κ2) is 7.92. The van der Waals surface area contributed by atoms with Crippen molar-refractivity contribution in [2.45, 2.75) is 18.3 Å². The zero-order chi connectivity index (χ0) is 22.1. The van der Waals surface area contributed by atoms with Crippen LogP contribution in [0.5, 0.6) is 5.88 Å². The third kappa shape index (κ3) is 3.41. The van der Waals surface area contributed by atoms with Crippen molar-refractivity contribution in [1.29, 1.82) is 0 Å². The number of nitrogens with zero attached hydrogens (tertiary/aromatic N) is 5. The van der Waals surface area contributed by atoms with Gasteiger partial charge in [-0.05, 0) is 30.5 Å². The van der Waals surface area contributed by atoms with E-state index in [4.69, 9.17) is 9.72 Å². The maximum Gasteiger partial charge on any atom is 0.274 e. The van der Waals surface area contributed by atoms with Crippen molar-refractivity contribution in [3.05, 3.63) is 88.1 Å². The smallest absolute Gasteiger partial charge is 0.274 e. The molecule has 0 unspecified atom stereocenters. The van der Waals surface area contributed by atoms with Gasteiger partial charge in [-0.1, -0.05) is 30.3 Å². The second-order valence-electron chi connectivity index (χ2n) is 7.85. The highest BCUT2D eigenvalue weighted by atomic mass is 16.5. The molecule has 1 fully saturated rings. The summed E-state index contributed by atoms with van der Waals surface area (Å²) < 4.78 is 6.98. The summed E-state index contributed by atoms with van der Waals surface area (Å²) in [7, 11) is 1.58. The van der Waals surface area contributed by atoms with Gasteiger partial charge in [-0.25, -0.2) is 14.6 Å². The lowest BCUT2D eigenvalue weighted by Crippen LogP contribution is -2.46. The van der Waals surface area contributed by atoms with Crippen molar-refractivity contribution >= 4 is 11.6 Å². The molecule has 1 saturated heterocycles. The standard InChI is InChI=1S/C23H22N6O3/c1-32-21-10-8-19-24-18(15-29(19)27-21)23(16-5-3-2-4-6-16)11-13-28(14-12-23)22(31)17-7-9-20(30)26-25-17/h2-10,15H,11-14H2,1H3,(H,26,30). The maximum atomic E-state index is 12.9. The number of nitrogens with one attached hydrogen (secondary N) is 1. The lowest BCUT2D eigenvalue weighted by molar-refractivity contribution is 0.0677. The number of methoxy groups -OCH3 is 1. The first-order valence-corrected chi connectivity index (χ1v) is 10.4. The summed E-state index contributed by atoms with van der Waals surface area (Å²) in [4.78, 5) is 30.8. The predicted octanol–water partition coefficient (Wildman–Crippen LogP) is 2.04. The van der Waals surface area contributed by atoms with Crippen LogP contribution >= 0.6 is 0 Å². The van der Waals surface area contributed by atoms with Gasteiger partial charge in [0.25, 0.3) is 11.5 Å². The number of carbonyl (C=O) groups excluding carboxylic acids is 1. The van der Waals surface area contributed by atoms with E-state index < -0.39 is 0 Å². The van der Waals surface area contributed by atoms with E-state index in [1.54, 1.807) is 22.6 Å². The van der Waals surface area contributed by atoms with Gasteiger partial charge >= 0.3 is 0 Å². The molecule has 1 aromatic carbocycles. The number of carbonyl (C=O) groups is 1. The quantitative estimate of drug-likeness (QED) is 0.531. The van der Waals surface area contributed by atoms with Crippen molar-refractivity contribution in [2.24, 2.45) is 0 Å². The molecule has 0 saturated carbocycles. The zero-order valence-electron chi connectivity index (χ0n) is 17.6. The van der Waals surface area contributed by atoms with Crippen molar-refractivity contribution in [3.8, 4) is 5.88 Å². The Morgan fingerprint density at radius 1 is 1.06 bits per heavy atom. The molecular weight excluding hydrogens is 408 g/mol. The number of likely N-dealkylation sites (tertiary alicyclic amines) is 1. The van der Waals surface area contributed by atoms with Gasteiger partial charge in [-0.3, -0.25) is 9.59 Å². The molecule has 5 rings (SSSR count). The monoisotopic (exact) mass is 430 g/mol. The number of ether oxygens (including phenoxy) is 1. The summed E-state index contributed by atoms with van der Waals surface area (Å²) in [6.45, 7) is 1.08. The molecule has 9 nitrogen and oxygen atoms in total. The van der Waals surface area contributed by atoms with Gasteiger partial charge in [0.15, 0.2) is 5.65 Å². The minimum absolute atomic E-state index is 0.190. The highest BCUT2D eigenvalue weighted by molar-refractivity contribution is 5.92. The summed E-state index contributed by atoms with van der Waals surface area (Å²) >= 11 is 0. The third-order valence-corrected chi connectivity index (χ3v) is 6.12. The van der Waals surface area contributed by atoms with E-state index in [9.17, 15) is 9.59 Å². The Kier molecular flexibility index (Phi) is 4.93. The van der Waals surface area contributed by atoms with E-state index in [0.29, 0.717) is 31.8 Å². The van der Waals surface area contributed by atoms with Crippen LogP contribution < -0.4 is 10.3 Å². The lowest BCUT2D eigenvalue weighted by Gasteiger charge is -2.41. The Morgan fingerprint density at radius 3 is 2.53 bits per heavy atom. The van der Waals surface area contributed by atoms with Gasteiger partial charge in [-0.2, -0.15) is 5.10 Å². The largest absolute Gasteiger partial charge is 0.480 e. The first kappa shape index (κ1) is 19.9. The van der Waals surface area contributed by atoms with Crippen LogP contribution in [0, 0.1) is 0 Å². The predicted molar refractivity (Wildman–Crippen MR) is 117 cm³/mol. The van der Waals surface area contributed by atoms with E-state index in [2.05, 4.69) is 27.4 Å². The highest BCUT2D eigenvalue weighted by Gasteiger charge is 2.41. The van der Waals surface area contributed by atoms with Crippen molar-refractivity contribution in [3.63, 3.8) is 0 Å². The summed E-state index contributed by atoms with van der Waals surface area (Å²) in [5, 5.41) is 10.7. The molecule has 1 aliphatic rings. The highest BCUT2D eigenvalue weighted by Crippen LogP contribution is 2.41. The van der Waals surface area contributed by atoms with E-state index in [1.807, 2.05) is 30.5 Å². The van der Waals surface area contributed by atoms with Gasteiger partial charge in [-0.15, -0.1) is 5.10 Å². The molecule has 162 valence electrons. The van der Waals surface area contributed by atoms with E-state index in [-0.39, 0.29) is 22.6 Å². The van der Waals surface area contributed by atoms with E-state index in [0.717, 1.165) is 16.9 Å². The second-order valence-corrected chi connectivity index (χ2v) is 7.85. The van der Waals surface area contributed by atoms with Crippen LogP contribution in [0.15, 0.2) is 65.6 Å². The molecule has 0 bridgehead atoms. The van der Waals surface area contributed by atoms with Gasteiger partial charge in [0, 0.05) is 30.6 Å². The molecule has 1 amide bonds. The Labute approximate surface area is 183 Å². The number of hydrogen-bond acceptors (Lipinski definition) is 6. The number of piperidine rings is 1. The van der Waals surface area contributed by atoms with Crippen LogP contribution in [0.4, 0.5) is 0 Å². The van der Waals surface area contributed by atoms with Gasteiger partial charge in [0.2, 0.25) is 5.88 Å². The molecule has 4 heterocycles. The molecule has 3 aromatic heterocycles. The van der Waals surface area contributed by atoms with Crippen LogP contribution in [0.1, 0.15) is 34.6 Å². The van der Waals surface area contributed by atoms with Crippen molar-refractivity contribution < 1.29 is 9.53 Å². The summed E-state index contributed by atoms with van der Waals surface area (Å²) in [6, 6.07) is 16.7. The minimum Gasteiger partial charge on any atom is -0.480 e. The van der Waals surface area contributed by atoms with Crippen LogP contribution in [0.25, 0.3) is 5.65 Å². The fraction of sp³-hybridized carbons (Fsp3) is 0.261. The molecule has 0 spiro atoms. The number of imidazole rings is 1. The van der Waals surface area contributed by atoms with Crippen LogP contribution in [-0.4, -0.2) is 55.8 Å². The van der Waals surface area contributed by atoms with Crippen LogP contribution in [0.3, 0.4) is 0 Å². The molecular formula is C23H22N6O3. The molecule has 0 aliphatic carbocycles. The Morgan fingerprint density at radius 2 is 1.84 bits per heavy atom. The average Bonchev–Trinajstić information content (AvgIpc) is 3.28. The fourth-order valence-corrected chi connectivity index (χ4v) is 4.37. The topological polar surface area (TPSA) is 105 Å². The van der Waals surface area contributed by atoms with E-state index >= 15 is 0 Å². The maximum absolute atomic E-state index is 12.9. The molecule has 4 aromatic rings. The number of aromatic amines is 1. The van der Waals surface area contributed by atoms with E-state index in [1.165, 1.54) is 12.1 Å². The number of fused-ring (bicyclic) bond motifs is 1. The van der Waals surface area contributed by atoms with Crippen molar-refractivity contribution in [1.82, 2.24) is 29.7 Å². The third-order valence-electron chi connectivity index (χ3n) is 6.12. The number of H-pyrrole nitrogens is 1. The SMILES string of the molecule is COc1ccc2nc(C3(c4ccccc4)CCN(C(=O)c4ccc(=O)[nH]n4)CC3)cn2n1. The normalized spacial score (nSPS) is 15.6. The van der Waals surface area contributed by atoms with Gasteiger partial charge in [0.05, 0.1) is 19.0 Å². The first-order valence-electron chi connectivity index (χ1n) is 10.4. The number of rotatable bonds is 4. The average molecular weight is 430 g/mol. The number of aromatic nitrogens is 5. The van der Waals surface area contributed by atoms with Crippen LogP contribution in [-0.2, 0) is 5.41 Å². The molecule has 9 heteroatoms. The number of benzene rings is 1. The number of hydrogen-bond donors (Lipinski definition) is 1. The number of amides is 1. The minimum atomic E-state index is -0.350. The first-order chi connectivity index (χ1) is 15.6. The van der Waals surface area contributed by atoms with Gasteiger partial charge < -0.3 is 9.64 Å². The Balaban J connectivity index is 1.49. The molecule has 1 aliphatic heterocycles. The van der Waals surface area contributed by atoms with Crippen LogP contribution in [0.2, 0.25) is 0 Å². The molecule has 1 N–H and O–H groups in total. The summed E-state index contributed by atoms with van der Waals surface area (Å²) in [5.74, 6) is 0.327. The Bertz CT molecular complexity index is 1300. The Hall–Kier alpha value is -4.01. The molecule has 0 atom stereocenters. The fourth-order valence-electron chi connectivity index (χ4n) is 4.37. The molecule has 0 radical (unpaired) electrons. The van der Waals surface area contributed by atoms with Crippen molar-refractivity contribution in [2.75, 3.05) is 20.2 Å². The molecule has 32 heavy (non-hydrogen) atoms. The zero-order valence-corrected chi connectivity index (χ0v) is 17.6.